The number of terminal acetylenes is 2. The molecule has 72 heavy (non-hydrogen) atoms. The van der Waals surface area contributed by atoms with Gasteiger partial charge in [0.1, 0.15) is 66.9 Å². The largest absolute Gasteiger partial charge is 0.463 e. The summed E-state index contributed by atoms with van der Waals surface area (Å²) in [4.78, 5) is 71.0. The molecule has 0 aliphatic carbocycles. The third kappa shape index (κ3) is 15.8. The van der Waals surface area contributed by atoms with Gasteiger partial charge in [-0.15, -0.1) is 24.7 Å². The minimum atomic E-state index is -1.61. The van der Waals surface area contributed by atoms with E-state index in [4.69, 9.17) is 64.7 Å². The Morgan fingerprint density at radius 1 is 0.653 bits per heavy atom. The molecule has 5 N–H and O–H groups in total. The second kappa shape index (κ2) is 27.8. The predicted molar refractivity (Wildman–Crippen MR) is 258 cm³/mol. The van der Waals surface area contributed by atoms with Crippen LogP contribution in [0.4, 0.5) is 0 Å². The zero-order valence-corrected chi connectivity index (χ0v) is 42.7. The van der Waals surface area contributed by atoms with Gasteiger partial charge in [-0.1, -0.05) is 13.8 Å². The van der Waals surface area contributed by atoms with Crippen LogP contribution in [0.3, 0.4) is 0 Å². The van der Waals surface area contributed by atoms with Gasteiger partial charge < -0.3 is 72.3 Å². The van der Waals surface area contributed by atoms with E-state index in [1.807, 2.05) is 13.8 Å². The molecule has 4 heterocycles. The lowest BCUT2D eigenvalue weighted by Gasteiger charge is -2.43. The fourth-order valence-corrected chi connectivity index (χ4v) is 8.07. The Morgan fingerprint density at radius 2 is 1.12 bits per heavy atom. The van der Waals surface area contributed by atoms with E-state index in [2.05, 4.69) is 43.7 Å². The number of esters is 4. The molecule has 10 atom stereocenters. The number of benzene rings is 2. The van der Waals surface area contributed by atoms with Crippen molar-refractivity contribution in [2.45, 2.75) is 116 Å². The molecule has 2 aromatic heterocycles. The third-order valence-electron chi connectivity index (χ3n) is 11.1. The number of fused-ring (bicyclic) bond motifs is 2. The van der Waals surface area contributed by atoms with E-state index in [1.54, 1.807) is 12.1 Å². The Labute approximate surface area is 428 Å². The molecular formula is C49H54Br2O21. The molecule has 0 amide bonds. The smallest absolute Gasteiger partial charge is 0.336 e. The molecule has 0 saturated carbocycles. The van der Waals surface area contributed by atoms with Crippen molar-refractivity contribution in [2.75, 3.05) is 20.3 Å². The lowest BCUT2D eigenvalue weighted by atomic mass is 9.83. The van der Waals surface area contributed by atoms with Crippen molar-refractivity contribution in [3.05, 3.63) is 77.3 Å². The average molecular weight is 1140 g/mol. The molecule has 2 aromatic carbocycles. The fourth-order valence-electron chi connectivity index (χ4n) is 7.20. The van der Waals surface area contributed by atoms with Crippen molar-refractivity contribution in [1.82, 2.24) is 0 Å². The lowest BCUT2D eigenvalue weighted by Crippen LogP contribution is -2.60. The fraction of sp³-hybridized carbons (Fsp3) is 0.469. The molecule has 2 saturated heterocycles. The van der Waals surface area contributed by atoms with Crippen LogP contribution in [-0.2, 0) is 60.8 Å². The van der Waals surface area contributed by atoms with E-state index in [-0.39, 0.29) is 80.0 Å². The molecule has 0 unspecified atom stereocenters. The van der Waals surface area contributed by atoms with Gasteiger partial charge in [0, 0.05) is 85.9 Å². The quantitative estimate of drug-likeness (QED) is 0.0462. The molecule has 23 heteroatoms. The number of halogens is 2. The number of ether oxygens (including phenoxy) is 8. The number of hydrogen-bond acceptors (Lipinski definition) is 21. The van der Waals surface area contributed by atoms with Gasteiger partial charge in [-0.05, 0) is 49.9 Å². The molecular weight excluding hydrogens is 1080 g/mol. The topological polar surface area (TPSA) is 304 Å². The summed E-state index contributed by atoms with van der Waals surface area (Å²) in [5, 5.41) is 47.3. The molecule has 4 aromatic rings. The molecule has 0 spiro atoms. The van der Waals surface area contributed by atoms with Crippen molar-refractivity contribution >= 4 is 77.7 Å². The zero-order valence-electron chi connectivity index (χ0n) is 39.6. The van der Waals surface area contributed by atoms with Crippen molar-refractivity contribution in [2.24, 2.45) is 11.8 Å². The van der Waals surface area contributed by atoms with Crippen molar-refractivity contribution in [3.8, 4) is 36.2 Å². The first kappa shape index (κ1) is 58.7. The van der Waals surface area contributed by atoms with Gasteiger partial charge >= 0.3 is 35.1 Å². The van der Waals surface area contributed by atoms with Crippen LogP contribution in [0.5, 0.6) is 11.5 Å². The number of aliphatic hydroxyl groups excluding tert-OH is 5. The van der Waals surface area contributed by atoms with Crippen LogP contribution >= 0.6 is 31.9 Å². The highest BCUT2D eigenvalue weighted by Gasteiger charge is 2.46. The Balaban J connectivity index is 0.000000306. The maximum absolute atomic E-state index is 12.2. The van der Waals surface area contributed by atoms with Crippen LogP contribution in [0.25, 0.3) is 21.9 Å². The summed E-state index contributed by atoms with van der Waals surface area (Å²) < 4.78 is 55.7. The summed E-state index contributed by atoms with van der Waals surface area (Å²) in [5.74, 6) is 2.78. The Morgan fingerprint density at radius 3 is 1.57 bits per heavy atom. The second-order valence-electron chi connectivity index (χ2n) is 16.0. The van der Waals surface area contributed by atoms with E-state index in [9.17, 15) is 49.2 Å². The summed E-state index contributed by atoms with van der Waals surface area (Å²) in [5.41, 5.74) is -0.207. The maximum Gasteiger partial charge on any atom is 0.336 e. The highest BCUT2D eigenvalue weighted by Crippen LogP contribution is 2.39. The van der Waals surface area contributed by atoms with Gasteiger partial charge in [-0.3, -0.25) is 19.2 Å². The minimum absolute atomic E-state index is 0.00464. The molecule has 0 bridgehead atoms. The van der Waals surface area contributed by atoms with Crippen molar-refractivity contribution in [3.63, 3.8) is 0 Å². The highest BCUT2D eigenvalue weighted by molar-refractivity contribution is 9.11. The van der Waals surface area contributed by atoms with Crippen LogP contribution in [0, 0.1) is 36.5 Å². The monoisotopic (exact) mass is 1140 g/mol. The average Bonchev–Trinajstić information content (AvgIpc) is 3.34. The van der Waals surface area contributed by atoms with Gasteiger partial charge in [0.15, 0.2) is 6.10 Å². The van der Waals surface area contributed by atoms with Gasteiger partial charge in [0.2, 0.25) is 12.6 Å². The number of carbonyl (C=O) groups excluding carboxylic acids is 4. The maximum atomic E-state index is 12.2. The first-order valence-corrected chi connectivity index (χ1v) is 23.6. The molecule has 2 fully saturated rings. The normalized spacial score (nSPS) is 23.4. The summed E-state index contributed by atoms with van der Waals surface area (Å²) in [7, 11) is 1.00. The van der Waals surface area contributed by atoms with E-state index >= 15 is 0 Å². The van der Waals surface area contributed by atoms with E-state index < -0.39 is 90.9 Å². The van der Waals surface area contributed by atoms with Gasteiger partial charge in [-0.25, -0.2) is 9.59 Å². The number of hydrogen-bond donors (Lipinski definition) is 5. The third-order valence-corrected chi connectivity index (χ3v) is 12.3. The summed E-state index contributed by atoms with van der Waals surface area (Å²) in [6, 6.07) is 8.50. The van der Waals surface area contributed by atoms with Crippen molar-refractivity contribution in [1.29, 1.82) is 0 Å². The SMILES string of the molecule is C#CCCC(=O)OCc1cc(=O)oc2cc(O[C@@H]3O[C@H](CO)[C@H](O)[C@H](O)[C@H]3O)c(Br)cc12.C#CCCC(=O)OCc1cc(=O)oc2cc(O[C@@H]3O[C@H](COC(C)=O)[C@H](C)[C@H](C)[C@H]3OC(C)=O)c(Br)cc12.CO. The van der Waals surface area contributed by atoms with Gasteiger partial charge in [0.05, 0.1) is 34.5 Å². The Hall–Kier alpha value is -5.86. The van der Waals surface area contributed by atoms with Crippen LogP contribution in [0.15, 0.2) is 63.8 Å². The van der Waals surface area contributed by atoms with E-state index in [0.29, 0.717) is 30.8 Å². The standard InChI is InChI=1S/C27H29BrO10.C21H21BrO10.CH4O/c1-6-7-8-24(31)34-12-18-9-25(32)36-21-11-22(20(28)10-19(18)21)37-27-26(35-17(5)30)15(3)14(2)23(38-27)13-33-16(4)29;1-2-3-4-16(24)29-9-10-5-17(25)30-13-7-14(12(22)6-11(10)13)31-21-20(28)19(27)18(26)15(8-23)32-21;1-2/h1,9-11,14-15,23,26-27H,7-8,12-13H2,2-5H3;1,5-7,15,18-21,23,26-28H,3-4,8-9H2;2H,1H3/t14-,15+,23-,26-,27-;15-,18+,19+,20-,21-;/m11./s1. The molecule has 6 rings (SSSR count). The van der Waals surface area contributed by atoms with Gasteiger partial charge in [-0.2, -0.15) is 0 Å². The molecule has 390 valence electrons. The highest BCUT2D eigenvalue weighted by atomic mass is 79.9. The van der Waals surface area contributed by atoms with Crippen LogP contribution < -0.4 is 20.7 Å². The predicted octanol–water partition coefficient (Wildman–Crippen LogP) is 3.68. The summed E-state index contributed by atoms with van der Waals surface area (Å²) in [6.45, 7) is 5.47. The summed E-state index contributed by atoms with van der Waals surface area (Å²) in [6.07, 6.45) is 1.25. The zero-order chi connectivity index (χ0) is 53.4. The molecule has 21 nitrogen and oxygen atoms in total. The van der Waals surface area contributed by atoms with E-state index in [0.717, 1.165) is 7.11 Å². The molecule has 0 radical (unpaired) electrons. The van der Waals surface area contributed by atoms with Crippen LogP contribution in [0.2, 0.25) is 0 Å². The van der Waals surface area contributed by atoms with Crippen LogP contribution in [-0.4, -0.2) is 119 Å². The number of rotatable bonds is 16. The Bertz CT molecular complexity index is 2740. The van der Waals surface area contributed by atoms with Gasteiger partial charge in [0.25, 0.3) is 0 Å². The minimum Gasteiger partial charge on any atom is -0.463 e. The summed E-state index contributed by atoms with van der Waals surface area (Å²) >= 11 is 6.78. The first-order valence-electron chi connectivity index (χ1n) is 22.0. The second-order valence-corrected chi connectivity index (χ2v) is 17.7. The number of carbonyl (C=O) groups is 4. The first-order chi connectivity index (χ1) is 34.2. The van der Waals surface area contributed by atoms with Crippen LogP contribution in [0.1, 0.15) is 64.5 Å². The molecule has 2 aliphatic heterocycles. The van der Waals surface area contributed by atoms with Crippen molar-refractivity contribution < 1.29 is 91.4 Å². The van der Waals surface area contributed by atoms with E-state index in [1.165, 1.54) is 38.1 Å². The lowest BCUT2D eigenvalue weighted by molar-refractivity contribution is -0.277. The number of aliphatic hydroxyl groups is 5. The molecule has 2 aliphatic rings. The Kier molecular flexibility index (Phi) is 22.7.